The van der Waals surface area contributed by atoms with Gasteiger partial charge in [0.1, 0.15) is 11.3 Å². The standard InChI is InChI=1S/C15H22N4/c1-11(6-8-16)2-5-15-18-13-10-17-9-7-14(13)19(15)12-3-4-12/h7,9-12H,2-6,8,16H2,1H3. The Morgan fingerprint density at radius 3 is 3.00 bits per heavy atom. The summed E-state index contributed by atoms with van der Waals surface area (Å²) >= 11 is 0. The number of fused-ring (bicyclic) bond motifs is 1. The molecule has 0 amide bonds. The van der Waals surface area contributed by atoms with E-state index in [0.717, 1.165) is 24.9 Å². The minimum absolute atomic E-state index is 0.673. The van der Waals surface area contributed by atoms with Crippen molar-refractivity contribution in [2.75, 3.05) is 6.54 Å². The molecule has 0 spiro atoms. The number of aryl methyl sites for hydroxylation is 1. The molecule has 2 aromatic heterocycles. The summed E-state index contributed by atoms with van der Waals surface area (Å²) in [6.07, 6.45) is 9.64. The van der Waals surface area contributed by atoms with E-state index in [9.17, 15) is 0 Å². The molecule has 4 heteroatoms. The zero-order valence-corrected chi connectivity index (χ0v) is 11.5. The maximum absolute atomic E-state index is 5.62. The number of nitrogens with two attached hydrogens (primary N) is 1. The van der Waals surface area contributed by atoms with E-state index in [1.807, 2.05) is 12.4 Å². The fourth-order valence-electron chi connectivity index (χ4n) is 2.72. The van der Waals surface area contributed by atoms with Gasteiger partial charge in [-0.2, -0.15) is 0 Å². The van der Waals surface area contributed by atoms with Gasteiger partial charge in [0.05, 0.1) is 11.7 Å². The number of rotatable bonds is 6. The summed E-state index contributed by atoms with van der Waals surface area (Å²) in [5, 5.41) is 0. The van der Waals surface area contributed by atoms with Crippen LogP contribution >= 0.6 is 0 Å². The first-order chi connectivity index (χ1) is 9.29. The van der Waals surface area contributed by atoms with Crippen LogP contribution in [-0.4, -0.2) is 21.1 Å². The molecule has 0 radical (unpaired) electrons. The van der Waals surface area contributed by atoms with Crippen molar-refractivity contribution in [3.05, 3.63) is 24.3 Å². The Kier molecular flexibility index (Phi) is 3.51. The second-order valence-electron chi connectivity index (χ2n) is 5.71. The third-order valence-corrected chi connectivity index (χ3v) is 4.00. The highest BCUT2D eigenvalue weighted by Crippen LogP contribution is 2.38. The van der Waals surface area contributed by atoms with Crippen molar-refractivity contribution in [3.8, 4) is 0 Å². The van der Waals surface area contributed by atoms with Crippen molar-refractivity contribution in [3.63, 3.8) is 0 Å². The van der Waals surface area contributed by atoms with Crippen LogP contribution in [0.1, 0.15) is 44.5 Å². The molecule has 0 aromatic carbocycles. The molecule has 4 nitrogen and oxygen atoms in total. The summed E-state index contributed by atoms with van der Waals surface area (Å²) in [5.74, 6) is 1.91. The SMILES string of the molecule is CC(CCN)CCc1nc2cnccc2n1C1CC1. The maximum atomic E-state index is 5.62. The average Bonchev–Trinajstić information content (AvgIpc) is 3.17. The van der Waals surface area contributed by atoms with E-state index >= 15 is 0 Å². The number of nitrogens with zero attached hydrogens (tertiary/aromatic N) is 3. The molecule has 2 aromatic rings. The van der Waals surface area contributed by atoms with Gasteiger partial charge in [0, 0.05) is 18.7 Å². The number of imidazole rings is 1. The van der Waals surface area contributed by atoms with Gasteiger partial charge in [0.15, 0.2) is 0 Å². The maximum Gasteiger partial charge on any atom is 0.110 e. The molecular formula is C15H22N4. The molecule has 3 rings (SSSR count). The molecule has 1 saturated carbocycles. The van der Waals surface area contributed by atoms with Crippen molar-refractivity contribution in [2.24, 2.45) is 11.7 Å². The largest absolute Gasteiger partial charge is 0.330 e. The minimum atomic E-state index is 0.673. The lowest BCUT2D eigenvalue weighted by molar-refractivity contribution is 0.487. The summed E-state index contributed by atoms with van der Waals surface area (Å²) < 4.78 is 2.44. The molecule has 0 bridgehead atoms. The molecule has 2 heterocycles. The second kappa shape index (κ2) is 5.29. The summed E-state index contributed by atoms with van der Waals surface area (Å²) in [6, 6.07) is 2.76. The molecule has 1 unspecified atom stereocenters. The lowest BCUT2D eigenvalue weighted by atomic mass is 10.0. The second-order valence-corrected chi connectivity index (χ2v) is 5.71. The van der Waals surface area contributed by atoms with Crippen LogP contribution in [0.2, 0.25) is 0 Å². The molecule has 1 aliphatic rings. The van der Waals surface area contributed by atoms with Gasteiger partial charge in [-0.15, -0.1) is 0 Å². The molecule has 0 aliphatic heterocycles. The predicted octanol–water partition coefficient (Wildman–Crippen LogP) is 2.68. The highest BCUT2D eigenvalue weighted by molar-refractivity contribution is 5.75. The van der Waals surface area contributed by atoms with Gasteiger partial charge in [-0.25, -0.2) is 4.98 Å². The summed E-state index contributed by atoms with van der Waals surface area (Å²) in [5.41, 5.74) is 7.91. The average molecular weight is 258 g/mol. The van der Waals surface area contributed by atoms with Crippen molar-refractivity contribution in [1.82, 2.24) is 14.5 Å². The molecule has 102 valence electrons. The first-order valence-electron chi connectivity index (χ1n) is 7.30. The van der Waals surface area contributed by atoms with Crippen LogP contribution in [0.15, 0.2) is 18.5 Å². The van der Waals surface area contributed by atoms with Gasteiger partial charge in [-0.05, 0) is 44.2 Å². The van der Waals surface area contributed by atoms with Crippen molar-refractivity contribution in [2.45, 2.75) is 45.1 Å². The zero-order chi connectivity index (χ0) is 13.2. The highest BCUT2D eigenvalue weighted by Gasteiger charge is 2.28. The summed E-state index contributed by atoms with van der Waals surface area (Å²) in [7, 11) is 0. The normalized spacial score (nSPS) is 16.9. The Labute approximate surface area is 114 Å². The van der Waals surface area contributed by atoms with Crippen LogP contribution in [0, 0.1) is 5.92 Å². The molecule has 1 atom stereocenters. The first kappa shape index (κ1) is 12.6. The predicted molar refractivity (Wildman–Crippen MR) is 77.0 cm³/mol. The fraction of sp³-hybridized carbons (Fsp3) is 0.600. The van der Waals surface area contributed by atoms with Gasteiger partial charge in [0.25, 0.3) is 0 Å². The quantitative estimate of drug-likeness (QED) is 0.866. The van der Waals surface area contributed by atoms with Crippen LogP contribution in [0.25, 0.3) is 11.0 Å². The van der Waals surface area contributed by atoms with Crippen molar-refractivity contribution >= 4 is 11.0 Å². The molecule has 19 heavy (non-hydrogen) atoms. The lowest BCUT2D eigenvalue weighted by Crippen LogP contribution is -2.08. The van der Waals surface area contributed by atoms with Crippen LogP contribution in [0.3, 0.4) is 0 Å². The van der Waals surface area contributed by atoms with Gasteiger partial charge in [-0.3, -0.25) is 4.98 Å². The summed E-state index contributed by atoms with van der Waals surface area (Å²) in [4.78, 5) is 8.95. The minimum Gasteiger partial charge on any atom is -0.330 e. The Hall–Kier alpha value is -1.42. The van der Waals surface area contributed by atoms with Crippen LogP contribution < -0.4 is 5.73 Å². The fourth-order valence-corrected chi connectivity index (χ4v) is 2.72. The Morgan fingerprint density at radius 1 is 1.42 bits per heavy atom. The molecule has 1 aliphatic carbocycles. The van der Waals surface area contributed by atoms with Gasteiger partial charge >= 0.3 is 0 Å². The van der Waals surface area contributed by atoms with Crippen molar-refractivity contribution in [1.29, 1.82) is 0 Å². The van der Waals surface area contributed by atoms with E-state index in [1.54, 1.807) is 0 Å². The molecular weight excluding hydrogens is 236 g/mol. The van der Waals surface area contributed by atoms with Crippen LogP contribution in [0.4, 0.5) is 0 Å². The molecule has 1 fully saturated rings. The third-order valence-electron chi connectivity index (χ3n) is 4.00. The monoisotopic (exact) mass is 258 g/mol. The number of hydrogen-bond acceptors (Lipinski definition) is 3. The van der Waals surface area contributed by atoms with Crippen LogP contribution in [-0.2, 0) is 6.42 Å². The van der Waals surface area contributed by atoms with Crippen LogP contribution in [0.5, 0.6) is 0 Å². The van der Waals surface area contributed by atoms with Crippen molar-refractivity contribution < 1.29 is 0 Å². The van der Waals surface area contributed by atoms with Gasteiger partial charge in [-0.1, -0.05) is 6.92 Å². The first-order valence-corrected chi connectivity index (χ1v) is 7.30. The van der Waals surface area contributed by atoms with E-state index in [4.69, 9.17) is 10.7 Å². The Bertz CT molecular complexity index is 556. The molecule has 2 N–H and O–H groups in total. The summed E-state index contributed by atoms with van der Waals surface area (Å²) in [6.45, 7) is 3.06. The molecule has 0 saturated heterocycles. The van der Waals surface area contributed by atoms with E-state index in [0.29, 0.717) is 12.0 Å². The zero-order valence-electron chi connectivity index (χ0n) is 11.5. The smallest absolute Gasteiger partial charge is 0.110 e. The lowest BCUT2D eigenvalue weighted by Gasteiger charge is -2.11. The van der Waals surface area contributed by atoms with E-state index < -0.39 is 0 Å². The Balaban J connectivity index is 1.83. The topological polar surface area (TPSA) is 56.7 Å². The van der Waals surface area contributed by atoms with Gasteiger partial charge < -0.3 is 10.3 Å². The van der Waals surface area contributed by atoms with Gasteiger partial charge in [0.2, 0.25) is 0 Å². The number of aromatic nitrogens is 3. The van der Waals surface area contributed by atoms with E-state index in [1.165, 1.54) is 30.6 Å². The number of hydrogen-bond donors (Lipinski definition) is 1. The highest BCUT2D eigenvalue weighted by atomic mass is 15.1. The van der Waals surface area contributed by atoms with E-state index in [-0.39, 0.29) is 0 Å². The van der Waals surface area contributed by atoms with E-state index in [2.05, 4.69) is 22.5 Å². The Morgan fingerprint density at radius 2 is 2.26 bits per heavy atom. The number of pyridine rings is 1. The third kappa shape index (κ3) is 2.63.